The van der Waals surface area contributed by atoms with E-state index in [9.17, 15) is 13.2 Å². The summed E-state index contributed by atoms with van der Waals surface area (Å²) in [4.78, 5) is 22.7. The van der Waals surface area contributed by atoms with E-state index >= 15 is 0 Å². The van der Waals surface area contributed by atoms with Gasteiger partial charge in [-0.15, -0.1) is 0 Å². The molecule has 0 spiro atoms. The van der Waals surface area contributed by atoms with Gasteiger partial charge in [-0.1, -0.05) is 0 Å². The van der Waals surface area contributed by atoms with E-state index in [0.29, 0.717) is 54.8 Å². The molecule has 1 aliphatic rings. The highest BCUT2D eigenvalue weighted by Gasteiger charge is 2.25. The van der Waals surface area contributed by atoms with Crippen LogP contribution in [0.25, 0.3) is 0 Å². The summed E-state index contributed by atoms with van der Waals surface area (Å²) in [5.74, 6) is 0.124. The molecule has 0 aliphatic carbocycles. The Bertz CT molecular complexity index is 1260. The van der Waals surface area contributed by atoms with E-state index in [4.69, 9.17) is 9.47 Å². The fraction of sp³-hybridized carbons (Fsp3) is 0.261. The molecule has 0 atom stereocenters. The van der Waals surface area contributed by atoms with Gasteiger partial charge in [0, 0.05) is 30.7 Å². The maximum absolute atomic E-state index is 13.4. The molecule has 1 aliphatic heterocycles. The Morgan fingerprint density at radius 3 is 2.38 bits per heavy atom. The van der Waals surface area contributed by atoms with Gasteiger partial charge in [-0.3, -0.25) is 14.5 Å². The van der Waals surface area contributed by atoms with Crippen molar-refractivity contribution in [2.24, 2.45) is 0 Å². The summed E-state index contributed by atoms with van der Waals surface area (Å²) < 4.78 is 40.0. The van der Waals surface area contributed by atoms with E-state index in [1.54, 1.807) is 43.3 Å². The van der Waals surface area contributed by atoms with Crippen molar-refractivity contribution < 1.29 is 22.7 Å². The lowest BCUT2D eigenvalue weighted by Gasteiger charge is -2.30. The largest absolute Gasteiger partial charge is 0.497 e. The molecule has 3 aromatic rings. The van der Waals surface area contributed by atoms with Crippen molar-refractivity contribution in [3.05, 3.63) is 66.2 Å². The van der Waals surface area contributed by atoms with Crippen LogP contribution < -0.4 is 19.7 Å². The van der Waals surface area contributed by atoms with Crippen LogP contribution in [0.3, 0.4) is 0 Å². The van der Waals surface area contributed by atoms with Gasteiger partial charge in [-0.25, -0.2) is 13.4 Å². The van der Waals surface area contributed by atoms with Gasteiger partial charge in [0.1, 0.15) is 16.3 Å². The first-order chi connectivity index (χ1) is 16.4. The Kier molecular flexibility index (Phi) is 6.94. The summed E-state index contributed by atoms with van der Waals surface area (Å²) in [5.41, 5.74) is 2.04. The van der Waals surface area contributed by atoms with E-state index in [0.717, 1.165) is 0 Å². The fourth-order valence-corrected chi connectivity index (χ4v) is 4.76. The average Bonchev–Trinajstić information content (AvgIpc) is 2.85. The molecule has 1 fully saturated rings. The predicted molar refractivity (Wildman–Crippen MR) is 128 cm³/mol. The van der Waals surface area contributed by atoms with E-state index in [1.165, 1.54) is 25.6 Å². The van der Waals surface area contributed by atoms with E-state index in [2.05, 4.69) is 20.0 Å². The molecule has 0 radical (unpaired) electrons. The van der Waals surface area contributed by atoms with Crippen molar-refractivity contribution in [2.75, 3.05) is 48.4 Å². The Morgan fingerprint density at radius 1 is 1.03 bits per heavy atom. The number of nitrogens with one attached hydrogen (secondary N) is 2. The van der Waals surface area contributed by atoms with Crippen molar-refractivity contribution in [1.82, 2.24) is 9.97 Å². The minimum Gasteiger partial charge on any atom is -0.497 e. The first-order valence-corrected chi connectivity index (χ1v) is 12.1. The molecule has 0 bridgehead atoms. The van der Waals surface area contributed by atoms with E-state index < -0.39 is 15.9 Å². The summed E-state index contributed by atoms with van der Waals surface area (Å²) in [6.45, 7) is 3.86. The van der Waals surface area contributed by atoms with Crippen molar-refractivity contribution in [1.29, 1.82) is 0 Å². The van der Waals surface area contributed by atoms with Crippen molar-refractivity contribution in [3.8, 4) is 5.75 Å². The number of carbonyl (C=O) groups excluding carboxylic acids is 1. The number of aryl methyl sites for hydroxylation is 1. The van der Waals surface area contributed by atoms with Crippen LogP contribution in [0.5, 0.6) is 5.75 Å². The number of hydrogen-bond acceptors (Lipinski definition) is 8. The number of aromatic nitrogens is 2. The summed E-state index contributed by atoms with van der Waals surface area (Å²) in [6.07, 6.45) is 2.86. The average molecular weight is 484 g/mol. The van der Waals surface area contributed by atoms with Crippen molar-refractivity contribution in [3.63, 3.8) is 0 Å². The van der Waals surface area contributed by atoms with Gasteiger partial charge >= 0.3 is 0 Å². The molecule has 34 heavy (non-hydrogen) atoms. The van der Waals surface area contributed by atoms with Gasteiger partial charge in [0.05, 0.1) is 37.9 Å². The zero-order chi connectivity index (χ0) is 24.1. The number of nitrogens with zero attached hydrogens (tertiary/aromatic N) is 3. The number of rotatable bonds is 7. The van der Waals surface area contributed by atoms with Crippen LogP contribution in [0.15, 0.2) is 59.8 Å². The van der Waals surface area contributed by atoms with E-state index in [-0.39, 0.29) is 10.6 Å². The second-order valence-corrected chi connectivity index (χ2v) is 9.26. The monoisotopic (exact) mass is 483 g/mol. The van der Waals surface area contributed by atoms with Gasteiger partial charge < -0.3 is 19.7 Å². The second kappa shape index (κ2) is 10.1. The molecule has 2 heterocycles. The first-order valence-electron chi connectivity index (χ1n) is 10.6. The molecule has 1 saturated heterocycles. The Labute approximate surface area is 198 Å². The third kappa shape index (κ3) is 5.43. The SMILES string of the molecule is COc1ccc(NS(=O)(=O)c2cc(NC(=O)c3cnc(C)cn3)ccc2N2CCOCC2)cc1. The van der Waals surface area contributed by atoms with Gasteiger partial charge in [0.25, 0.3) is 15.9 Å². The number of methoxy groups -OCH3 is 1. The Hall–Kier alpha value is -3.70. The van der Waals surface area contributed by atoms with Crippen LogP contribution in [0.1, 0.15) is 16.2 Å². The Morgan fingerprint density at radius 2 is 1.74 bits per heavy atom. The van der Waals surface area contributed by atoms with Crippen LogP contribution >= 0.6 is 0 Å². The van der Waals surface area contributed by atoms with Crippen molar-refractivity contribution in [2.45, 2.75) is 11.8 Å². The number of amides is 1. The first kappa shape index (κ1) is 23.5. The lowest BCUT2D eigenvalue weighted by Crippen LogP contribution is -2.37. The molecule has 1 amide bonds. The molecule has 0 saturated carbocycles. The molecule has 2 aromatic carbocycles. The number of anilines is 3. The lowest BCUT2D eigenvalue weighted by molar-refractivity contribution is 0.102. The minimum absolute atomic E-state index is 0.0398. The summed E-state index contributed by atoms with van der Waals surface area (Å²) in [7, 11) is -2.46. The van der Waals surface area contributed by atoms with Gasteiger partial charge in [0.15, 0.2) is 0 Å². The molecule has 4 rings (SSSR count). The van der Waals surface area contributed by atoms with E-state index in [1.807, 2.05) is 4.90 Å². The standard InChI is InChI=1S/C23H25N5O5S/c1-16-14-25-20(15-24-16)23(29)26-18-5-8-21(28-9-11-33-12-10-28)22(13-18)34(30,31)27-17-3-6-19(32-2)7-4-17/h3-8,13-15,27H,9-12H2,1-2H3,(H,26,29). The number of benzene rings is 2. The van der Waals surface area contributed by atoms with Gasteiger partial charge in [-0.2, -0.15) is 0 Å². The van der Waals surface area contributed by atoms with Crippen LogP contribution in [0.4, 0.5) is 17.1 Å². The lowest BCUT2D eigenvalue weighted by atomic mass is 10.2. The zero-order valence-electron chi connectivity index (χ0n) is 18.8. The molecule has 178 valence electrons. The maximum atomic E-state index is 13.4. The molecular formula is C23H25N5O5S. The number of sulfonamides is 1. The summed E-state index contributed by atoms with van der Waals surface area (Å²) in [5, 5.41) is 2.71. The molecule has 0 unspecified atom stereocenters. The normalized spacial score (nSPS) is 13.9. The highest BCUT2D eigenvalue weighted by Crippen LogP contribution is 2.31. The maximum Gasteiger partial charge on any atom is 0.275 e. The highest BCUT2D eigenvalue weighted by atomic mass is 32.2. The quantitative estimate of drug-likeness (QED) is 0.526. The van der Waals surface area contributed by atoms with Gasteiger partial charge in [0.2, 0.25) is 0 Å². The van der Waals surface area contributed by atoms with Crippen molar-refractivity contribution >= 4 is 33.0 Å². The number of hydrogen-bond donors (Lipinski definition) is 2. The number of ether oxygens (including phenoxy) is 2. The number of morpholine rings is 1. The topological polar surface area (TPSA) is 123 Å². The highest BCUT2D eigenvalue weighted by molar-refractivity contribution is 7.92. The van der Waals surface area contributed by atoms with Crippen LogP contribution in [0.2, 0.25) is 0 Å². The third-order valence-corrected chi connectivity index (χ3v) is 6.63. The smallest absolute Gasteiger partial charge is 0.275 e. The van der Waals surface area contributed by atoms with Gasteiger partial charge in [-0.05, 0) is 49.4 Å². The fourth-order valence-electron chi connectivity index (χ4n) is 3.45. The molecule has 1 aromatic heterocycles. The molecule has 2 N–H and O–H groups in total. The second-order valence-electron chi connectivity index (χ2n) is 7.61. The minimum atomic E-state index is -3.99. The predicted octanol–water partition coefficient (Wildman–Crippen LogP) is 2.68. The number of carbonyl (C=O) groups is 1. The van der Waals surface area contributed by atoms with Crippen LogP contribution in [0, 0.1) is 6.92 Å². The van der Waals surface area contributed by atoms with Crippen LogP contribution in [-0.2, 0) is 14.8 Å². The van der Waals surface area contributed by atoms with Crippen LogP contribution in [-0.4, -0.2) is 57.7 Å². The molecule has 11 heteroatoms. The molecule has 10 nitrogen and oxygen atoms in total. The summed E-state index contributed by atoms with van der Waals surface area (Å²) >= 11 is 0. The zero-order valence-corrected chi connectivity index (χ0v) is 19.6. The molecular weight excluding hydrogens is 458 g/mol. The Balaban J connectivity index is 1.66. The summed E-state index contributed by atoms with van der Waals surface area (Å²) in [6, 6.07) is 11.4. The third-order valence-electron chi connectivity index (χ3n) is 5.21.